The van der Waals surface area contributed by atoms with E-state index in [0.29, 0.717) is 53.2 Å². The van der Waals surface area contributed by atoms with Crippen LogP contribution >= 0.6 is 0 Å². The lowest BCUT2D eigenvalue weighted by molar-refractivity contribution is -0.183. The monoisotopic (exact) mass is 770 g/mol. The topological polar surface area (TPSA) is 161 Å². The van der Waals surface area contributed by atoms with Crippen molar-refractivity contribution in [1.29, 1.82) is 0 Å². The molecule has 1 heterocycles. The van der Waals surface area contributed by atoms with Crippen molar-refractivity contribution in [2.75, 3.05) is 34.4 Å². The average molecular weight is 771 g/mol. The first kappa shape index (κ1) is 41.3. The number of carboxylic acid groups (broad SMARTS) is 1. The lowest BCUT2D eigenvalue weighted by atomic mass is 9.45. The minimum atomic E-state index is -1.18. The minimum Gasteiger partial charge on any atom is -0.496 e. The van der Waals surface area contributed by atoms with Gasteiger partial charge < -0.3 is 35.6 Å². The van der Waals surface area contributed by atoms with E-state index >= 15 is 0 Å². The summed E-state index contributed by atoms with van der Waals surface area (Å²) in [4.78, 5) is 48.7. The van der Waals surface area contributed by atoms with Crippen LogP contribution in [-0.2, 0) is 22.6 Å². The van der Waals surface area contributed by atoms with Crippen molar-refractivity contribution in [3.8, 4) is 16.9 Å². The smallest absolute Gasteiger partial charge is 0.335 e. The number of likely N-dealkylation sites (N-methyl/N-ethyl adjacent to an activating group) is 1. The number of ether oxygens (including phenoxy) is 1. The molecule has 0 unspecified atom stereocenters. The standard InChI is InChI=1S/C44H58N4O8/c1-25-35-20-32(44(35,3)4)21-36(25)46-42(52)39-38(26(2)50)37(24-49)56-48(39)22-28-14-11-15-34(40(28)55-7)29-17-30(19-31(18-29)43(53)54)41(51)45-33(23-47(5)6)16-27-12-9-8-10-13-27/h8-15,17-19,25-26,32-33,35-39,49-50H,16,20-24H2,1-7H3,(H,45,51)(H,46,52)(H,53,54)/t25-,26-,32+,33-,35-,36-,37-,38+,39-/m0/s1. The summed E-state index contributed by atoms with van der Waals surface area (Å²) in [6.07, 6.45) is 0.885. The molecule has 302 valence electrons. The van der Waals surface area contributed by atoms with Crippen LogP contribution in [0.3, 0.4) is 0 Å². The van der Waals surface area contributed by atoms with Crippen molar-refractivity contribution in [2.45, 2.75) is 83.8 Å². The zero-order valence-electron chi connectivity index (χ0n) is 33.6. The van der Waals surface area contributed by atoms with Gasteiger partial charge in [0.05, 0.1) is 31.9 Å². The number of aromatic carboxylic acids is 1. The van der Waals surface area contributed by atoms with Gasteiger partial charge in [-0.3, -0.25) is 14.4 Å². The maximum absolute atomic E-state index is 14.2. The van der Waals surface area contributed by atoms with Crippen molar-refractivity contribution >= 4 is 17.8 Å². The molecule has 3 saturated carbocycles. The van der Waals surface area contributed by atoms with Crippen LogP contribution in [-0.4, -0.2) is 108 Å². The van der Waals surface area contributed by atoms with Crippen molar-refractivity contribution in [3.05, 3.63) is 89.0 Å². The summed E-state index contributed by atoms with van der Waals surface area (Å²) in [5.74, 6) is -0.796. The largest absolute Gasteiger partial charge is 0.496 e. The number of carboxylic acids is 1. The van der Waals surface area contributed by atoms with Crippen LogP contribution in [0, 0.1) is 29.1 Å². The Hall–Kier alpha value is -4.33. The number of hydroxylamine groups is 2. The van der Waals surface area contributed by atoms with Gasteiger partial charge in [0.1, 0.15) is 17.9 Å². The molecule has 1 saturated heterocycles. The van der Waals surface area contributed by atoms with E-state index in [2.05, 4.69) is 31.4 Å². The second-order valence-electron chi connectivity index (χ2n) is 17.0. The number of hydrogen-bond donors (Lipinski definition) is 5. The number of amides is 2. The third-order valence-corrected chi connectivity index (χ3v) is 12.7. The van der Waals surface area contributed by atoms with Crippen LogP contribution in [0.25, 0.3) is 11.1 Å². The fourth-order valence-electron chi connectivity index (χ4n) is 9.64. The molecule has 56 heavy (non-hydrogen) atoms. The van der Waals surface area contributed by atoms with Crippen LogP contribution in [0.4, 0.5) is 0 Å². The molecule has 0 aromatic heterocycles. The Morgan fingerprint density at radius 2 is 1.75 bits per heavy atom. The summed E-state index contributed by atoms with van der Waals surface area (Å²) in [7, 11) is 5.37. The molecule has 4 aliphatic rings. The van der Waals surface area contributed by atoms with E-state index in [4.69, 9.17) is 9.57 Å². The second kappa shape index (κ2) is 17.0. The van der Waals surface area contributed by atoms with E-state index in [1.165, 1.54) is 30.7 Å². The maximum atomic E-state index is 14.2. The molecular formula is C44H58N4O8. The Balaban J connectivity index is 1.28. The summed E-state index contributed by atoms with van der Waals surface area (Å²) in [5, 5.41) is 39.4. The second-order valence-corrected chi connectivity index (χ2v) is 17.0. The number of fused-ring (bicyclic) bond motifs is 2. The van der Waals surface area contributed by atoms with Crippen molar-refractivity contribution in [2.24, 2.45) is 29.1 Å². The van der Waals surface area contributed by atoms with E-state index in [-0.39, 0.29) is 41.1 Å². The SMILES string of the molecule is COc1c(CN2O[C@@H](CO)[C@@H]([C@H](C)O)[C@H]2C(=O)N[C@H]2C[C@H]3C[C@@H]([C@@H]2C)C3(C)C)cccc1-c1cc(C(=O)O)cc(C(=O)N[C@@H](Cc2ccccc2)CN(C)C)c1. The number of carbonyl (C=O) groups excluding carboxylic acids is 2. The summed E-state index contributed by atoms with van der Waals surface area (Å²) in [6.45, 7) is 8.68. The predicted molar refractivity (Wildman–Crippen MR) is 213 cm³/mol. The summed E-state index contributed by atoms with van der Waals surface area (Å²) < 4.78 is 5.98. The van der Waals surface area contributed by atoms with E-state index in [0.717, 1.165) is 12.0 Å². The van der Waals surface area contributed by atoms with Gasteiger partial charge in [-0.15, -0.1) is 0 Å². The average Bonchev–Trinajstić information content (AvgIpc) is 3.53. The van der Waals surface area contributed by atoms with E-state index < -0.39 is 42.7 Å². The molecule has 5 N–H and O–H groups in total. The first-order chi connectivity index (χ1) is 26.6. The zero-order chi connectivity index (χ0) is 40.5. The lowest BCUT2D eigenvalue weighted by Gasteiger charge is -2.62. The van der Waals surface area contributed by atoms with Crippen LogP contribution in [0.15, 0.2) is 66.7 Å². The fourth-order valence-corrected chi connectivity index (χ4v) is 9.64. The quantitative estimate of drug-likeness (QED) is 0.148. The molecule has 0 spiro atoms. The van der Waals surface area contributed by atoms with Crippen molar-refractivity contribution in [1.82, 2.24) is 20.6 Å². The number of carbonyl (C=O) groups is 3. The van der Waals surface area contributed by atoms with Gasteiger partial charge in [0.25, 0.3) is 5.91 Å². The highest BCUT2D eigenvalue weighted by Crippen LogP contribution is 2.61. The number of nitrogens with one attached hydrogen (secondary N) is 2. The number of benzene rings is 3. The minimum absolute atomic E-state index is 0.00813. The number of nitrogens with zero attached hydrogens (tertiary/aromatic N) is 2. The summed E-state index contributed by atoms with van der Waals surface area (Å²) in [6, 6.07) is 18.7. The molecule has 1 aliphatic heterocycles. The summed E-state index contributed by atoms with van der Waals surface area (Å²) in [5.41, 5.74) is 3.07. The number of para-hydroxylation sites is 1. The van der Waals surface area contributed by atoms with Crippen LogP contribution in [0.5, 0.6) is 5.75 Å². The molecule has 3 aliphatic carbocycles. The van der Waals surface area contributed by atoms with Crippen LogP contribution in [0.1, 0.15) is 72.4 Å². The van der Waals surface area contributed by atoms with Gasteiger partial charge in [0.2, 0.25) is 5.91 Å². The third-order valence-electron chi connectivity index (χ3n) is 12.7. The van der Waals surface area contributed by atoms with Gasteiger partial charge in [0.15, 0.2) is 0 Å². The lowest BCUT2D eigenvalue weighted by Crippen LogP contribution is -2.62. The Bertz CT molecular complexity index is 1880. The van der Waals surface area contributed by atoms with Gasteiger partial charge >= 0.3 is 5.97 Å². The number of aliphatic hydroxyl groups is 2. The number of methoxy groups -OCH3 is 1. The Kier molecular flexibility index (Phi) is 12.6. The van der Waals surface area contributed by atoms with Crippen molar-refractivity contribution < 1.29 is 39.3 Å². The van der Waals surface area contributed by atoms with Gasteiger partial charge in [0, 0.05) is 41.2 Å². The molecular weight excluding hydrogens is 713 g/mol. The maximum Gasteiger partial charge on any atom is 0.335 e. The van der Waals surface area contributed by atoms with E-state index in [1.54, 1.807) is 25.1 Å². The first-order valence-corrected chi connectivity index (χ1v) is 19.7. The Labute approximate surface area is 330 Å². The third kappa shape index (κ3) is 8.50. The Morgan fingerprint density at radius 1 is 1.04 bits per heavy atom. The van der Waals surface area contributed by atoms with Crippen LogP contribution < -0.4 is 15.4 Å². The number of aliphatic hydroxyl groups excluding tert-OH is 2. The van der Waals surface area contributed by atoms with Gasteiger partial charge in [-0.2, -0.15) is 5.06 Å². The molecule has 12 nitrogen and oxygen atoms in total. The molecule has 2 amide bonds. The predicted octanol–water partition coefficient (Wildman–Crippen LogP) is 4.62. The highest BCUT2D eigenvalue weighted by molar-refractivity contribution is 6.00. The molecule has 0 radical (unpaired) electrons. The van der Waals surface area contributed by atoms with Crippen LogP contribution in [0.2, 0.25) is 0 Å². The number of hydrogen-bond acceptors (Lipinski definition) is 9. The molecule has 7 rings (SSSR count). The molecule has 3 aromatic rings. The molecule has 4 fully saturated rings. The molecule has 12 heteroatoms. The van der Waals surface area contributed by atoms with E-state index in [1.807, 2.05) is 55.4 Å². The highest BCUT2D eigenvalue weighted by Gasteiger charge is 2.57. The van der Waals surface area contributed by atoms with E-state index in [9.17, 15) is 29.7 Å². The fraction of sp³-hybridized carbons (Fsp3) is 0.523. The first-order valence-electron chi connectivity index (χ1n) is 19.7. The number of rotatable bonds is 15. The Morgan fingerprint density at radius 3 is 2.36 bits per heavy atom. The van der Waals surface area contributed by atoms with Gasteiger partial charge in [-0.25, -0.2) is 4.79 Å². The normalized spacial score (nSPS) is 26.6. The van der Waals surface area contributed by atoms with Gasteiger partial charge in [-0.05, 0) is 92.8 Å². The molecule has 9 atom stereocenters. The zero-order valence-corrected chi connectivity index (χ0v) is 33.6. The van der Waals surface area contributed by atoms with Crippen molar-refractivity contribution in [3.63, 3.8) is 0 Å². The molecule has 3 aromatic carbocycles. The molecule has 2 bridgehead atoms. The highest BCUT2D eigenvalue weighted by atomic mass is 16.7. The van der Waals surface area contributed by atoms with Gasteiger partial charge in [-0.1, -0.05) is 69.3 Å². The summed E-state index contributed by atoms with van der Waals surface area (Å²) >= 11 is 0.